The molecule has 0 aromatic heterocycles. The number of nitrogens with two attached hydrogens (primary N) is 1. The smallest absolute Gasteiger partial charge is 0.230 e. The lowest BCUT2D eigenvalue weighted by molar-refractivity contribution is -0.123. The van der Waals surface area contributed by atoms with Crippen LogP contribution in [0.1, 0.15) is 32.6 Å². The molecule has 17 heavy (non-hydrogen) atoms. The van der Waals surface area contributed by atoms with Crippen molar-refractivity contribution in [3.05, 3.63) is 0 Å². The van der Waals surface area contributed by atoms with Crippen LogP contribution >= 0.6 is 11.8 Å². The van der Waals surface area contributed by atoms with E-state index in [4.69, 9.17) is 10.9 Å². The van der Waals surface area contributed by atoms with E-state index in [1.165, 1.54) is 18.6 Å². The molecule has 1 amide bonds. The molecule has 1 rings (SSSR count). The van der Waals surface area contributed by atoms with Gasteiger partial charge in [-0.3, -0.25) is 4.79 Å². The normalized spacial score (nSPS) is 23.1. The number of hydrogen-bond donors (Lipinski definition) is 3. The van der Waals surface area contributed by atoms with Crippen molar-refractivity contribution in [2.75, 3.05) is 12.3 Å². The predicted octanol–water partition coefficient (Wildman–Crippen LogP) is 1.16. The van der Waals surface area contributed by atoms with E-state index >= 15 is 0 Å². The monoisotopic (exact) mass is 259 g/mol. The van der Waals surface area contributed by atoms with Gasteiger partial charge in [-0.05, 0) is 25.0 Å². The molecule has 1 aliphatic rings. The van der Waals surface area contributed by atoms with Gasteiger partial charge in [0.05, 0.1) is 5.92 Å². The van der Waals surface area contributed by atoms with Gasteiger partial charge in [-0.25, -0.2) is 0 Å². The second-order valence-electron chi connectivity index (χ2n) is 4.22. The highest BCUT2D eigenvalue weighted by Crippen LogP contribution is 2.24. The molecule has 0 saturated carbocycles. The van der Waals surface area contributed by atoms with Crippen molar-refractivity contribution in [1.29, 1.82) is 0 Å². The molecular weight excluding hydrogens is 238 g/mol. The molecule has 0 bridgehead atoms. The fourth-order valence-corrected chi connectivity index (χ4v) is 3.14. The van der Waals surface area contributed by atoms with Crippen LogP contribution in [0.25, 0.3) is 0 Å². The van der Waals surface area contributed by atoms with Gasteiger partial charge in [0, 0.05) is 11.8 Å². The van der Waals surface area contributed by atoms with Crippen LogP contribution in [0, 0.1) is 5.92 Å². The maximum Gasteiger partial charge on any atom is 0.230 e. The fraction of sp³-hybridized carbons (Fsp3) is 0.818. The zero-order valence-electron chi connectivity index (χ0n) is 10.2. The van der Waals surface area contributed by atoms with Crippen LogP contribution in [-0.4, -0.2) is 34.5 Å². The molecule has 4 N–H and O–H groups in total. The summed E-state index contributed by atoms with van der Waals surface area (Å²) < 4.78 is 0. The molecule has 2 unspecified atom stereocenters. The average molecular weight is 259 g/mol. The molecule has 0 aromatic rings. The van der Waals surface area contributed by atoms with Gasteiger partial charge in [-0.1, -0.05) is 18.5 Å². The predicted molar refractivity (Wildman–Crippen MR) is 70.3 cm³/mol. The number of thioether (sulfide) groups is 1. The van der Waals surface area contributed by atoms with E-state index in [1.807, 2.05) is 18.7 Å². The highest BCUT2D eigenvalue weighted by molar-refractivity contribution is 7.99. The van der Waals surface area contributed by atoms with Crippen molar-refractivity contribution in [3.8, 4) is 0 Å². The number of carbonyl (C=O) groups is 1. The van der Waals surface area contributed by atoms with E-state index in [1.54, 1.807) is 0 Å². The minimum atomic E-state index is -0.520. The summed E-state index contributed by atoms with van der Waals surface area (Å²) in [6.45, 7) is 2.52. The van der Waals surface area contributed by atoms with E-state index in [0.717, 1.165) is 6.42 Å². The zero-order valence-corrected chi connectivity index (χ0v) is 11.0. The summed E-state index contributed by atoms with van der Waals surface area (Å²) in [6, 6.07) is 0. The van der Waals surface area contributed by atoms with E-state index in [9.17, 15) is 4.79 Å². The van der Waals surface area contributed by atoms with Crippen molar-refractivity contribution in [2.24, 2.45) is 16.8 Å². The lowest BCUT2D eigenvalue weighted by Crippen LogP contribution is -2.41. The van der Waals surface area contributed by atoms with Crippen molar-refractivity contribution in [3.63, 3.8) is 0 Å². The molecule has 0 spiro atoms. The third-order valence-corrected chi connectivity index (χ3v) is 4.37. The van der Waals surface area contributed by atoms with Gasteiger partial charge in [0.15, 0.2) is 5.84 Å². The Morgan fingerprint density at radius 1 is 1.65 bits per heavy atom. The van der Waals surface area contributed by atoms with Gasteiger partial charge in [-0.15, -0.1) is 0 Å². The van der Waals surface area contributed by atoms with Gasteiger partial charge in [0.1, 0.15) is 0 Å². The number of rotatable bonds is 5. The third kappa shape index (κ3) is 4.46. The highest BCUT2D eigenvalue weighted by Gasteiger charge is 2.22. The second kappa shape index (κ2) is 7.42. The lowest BCUT2D eigenvalue weighted by Gasteiger charge is -2.22. The van der Waals surface area contributed by atoms with Crippen molar-refractivity contribution >= 4 is 23.5 Å². The lowest BCUT2D eigenvalue weighted by atomic mass is 10.0. The van der Waals surface area contributed by atoms with Gasteiger partial charge in [-0.2, -0.15) is 11.8 Å². The first-order valence-electron chi connectivity index (χ1n) is 6.05. The first-order chi connectivity index (χ1) is 8.19. The summed E-state index contributed by atoms with van der Waals surface area (Å²) in [6.07, 6.45) is 4.21. The topological polar surface area (TPSA) is 87.7 Å². The first-order valence-corrected chi connectivity index (χ1v) is 7.10. The number of hydrogen-bond acceptors (Lipinski definition) is 4. The molecule has 1 heterocycles. The van der Waals surface area contributed by atoms with E-state index < -0.39 is 5.92 Å². The molecule has 2 atom stereocenters. The summed E-state index contributed by atoms with van der Waals surface area (Å²) in [7, 11) is 0. The molecule has 1 fully saturated rings. The molecule has 1 aliphatic heterocycles. The Morgan fingerprint density at radius 3 is 2.94 bits per heavy atom. The van der Waals surface area contributed by atoms with Crippen LogP contribution in [0.5, 0.6) is 0 Å². The Labute approximate surface area is 106 Å². The molecule has 5 nitrogen and oxygen atoms in total. The summed E-state index contributed by atoms with van der Waals surface area (Å²) in [5.74, 6) is 0.502. The minimum Gasteiger partial charge on any atom is -0.409 e. The third-order valence-electron chi connectivity index (χ3n) is 2.98. The average Bonchev–Trinajstić information content (AvgIpc) is 2.38. The van der Waals surface area contributed by atoms with Crippen LogP contribution in [-0.2, 0) is 4.79 Å². The van der Waals surface area contributed by atoms with Crippen molar-refractivity contribution < 1.29 is 10.0 Å². The van der Waals surface area contributed by atoms with Crippen LogP contribution in [0.4, 0.5) is 0 Å². The van der Waals surface area contributed by atoms with E-state index in [2.05, 4.69) is 10.5 Å². The number of amidine groups is 1. The quantitative estimate of drug-likeness (QED) is 0.299. The Balaban J connectivity index is 2.36. The Bertz CT molecular complexity index is 278. The Hall–Kier alpha value is -0.910. The van der Waals surface area contributed by atoms with Gasteiger partial charge in [0.25, 0.3) is 0 Å². The van der Waals surface area contributed by atoms with Crippen molar-refractivity contribution in [1.82, 2.24) is 5.32 Å². The number of nitrogens with zero attached hydrogens (tertiary/aromatic N) is 1. The largest absolute Gasteiger partial charge is 0.409 e. The SMILES string of the molecule is CCC(C(=O)NCC1CCCCS1)C(N)=NO. The number of carbonyl (C=O) groups excluding carboxylic acids is 1. The number of amides is 1. The second-order valence-corrected chi connectivity index (χ2v) is 5.63. The minimum absolute atomic E-state index is 0.0127. The van der Waals surface area contributed by atoms with E-state index in [0.29, 0.717) is 18.2 Å². The fourth-order valence-electron chi connectivity index (χ4n) is 1.90. The molecule has 0 aliphatic carbocycles. The standard InChI is InChI=1S/C11H21N3O2S/c1-2-9(10(12)14-16)11(15)13-7-8-5-3-4-6-17-8/h8-9,16H,2-7H2,1H3,(H2,12,14)(H,13,15). The van der Waals surface area contributed by atoms with Crippen LogP contribution in [0.3, 0.4) is 0 Å². The number of nitrogens with one attached hydrogen (secondary N) is 1. The van der Waals surface area contributed by atoms with Crippen LogP contribution in [0.15, 0.2) is 5.16 Å². The maximum atomic E-state index is 11.8. The number of oxime groups is 1. The molecule has 0 aromatic carbocycles. The van der Waals surface area contributed by atoms with Gasteiger partial charge < -0.3 is 16.3 Å². The summed E-state index contributed by atoms with van der Waals surface area (Å²) >= 11 is 1.91. The summed E-state index contributed by atoms with van der Waals surface area (Å²) in [4.78, 5) is 11.8. The Kier molecular flexibility index (Phi) is 6.18. The molecule has 6 heteroatoms. The van der Waals surface area contributed by atoms with Crippen LogP contribution < -0.4 is 11.1 Å². The van der Waals surface area contributed by atoms with Gasteiger partial charge in [0.2, 0.25) is 5.91 Å². The van der Waals surface area contributed by atoms with Gasteiger partial charge >= 0.3 is 0 Å². The summed E-state index contributed by atoms with van der Waals surface area (Å²) in [5, 5.41) is 14.9. The highest BCUT2D eigenvalue weighted by atomic mass is 32.2. The first kappa shape index (κ1) is 14.2. The zero-order chi connectivity index (χ0) is 12.7. The maximum absolute atomic E-state index is 11.8. The van der Waals surface area contributed by atoms with Crippen LogP contribution in [0.2, 0.25) is 0 Å². The van der Waals surface area contributed by atoms with Crippen molar-refractivity contribution in [2.45, 2.75) is 37.9 Å². The Morgan fingerprint density at radius 2 is 2.41 bits per heavy atom. The molecule has 1 saturated heterocycles. The molecule has 98 valence electrons. The molecular formula is C11H21N3O2S. The summed E-state index contributed by atoms with van der Waals surface area (Å²) in [5.41, 5.74) is 5.47. The van der Waals surface area contributed by atoms with E-state index in [-0.39, 0.29) is 11.7 Å². The molecule has 0 radical (unpaired) electrons.